The molecule has 2 rings (SSSR count). The highest BCUT2D eigenvalue weighted by atomic mass is 32.2. The van der Waals surface area contributed by atoms with Crippen molar-refractivity contribution >= 4 is 21.4 Å². The number of halogens is 2. The normalized spacial score (nSPS) is 21.8. The molecule has 1 aromatic carbocycles. The summed E-state index contributed by atoms with van der Waals surface area (Å²) in [6.45, 7) is 1.64. The molecule has 20 heavy (non-hydrogen) atoms. The Labute approximate surface area is 115 Å². The highest BCUT2D eigenvalue weighted by Crippen LogP contribution is 2.28. The molecule has 8 heteroatoms. The zero-order valence-corrected chi connectivity index (χ0v) is 11.7. The van der Waals surface area contributed by atoms with Gasteiger partial charge in [-0.15, -0.1) is 0 Å². The van der Waals surface area contributed by atoms with Gasteiger partial charge in [0.05, 0.1) is 11.5 Å². The summed E-state index contributed by atoms with van der Waals surface area (Å²) in [5.41, 5.74) is 4.89. The van der Waals surface area contributed by atoms with Crippen molar-refractivity contribution in [3.63, 3.8) is 0 Å². The van der Waals surface area contributed by atoms with Crippen LogP contribution < -0.4 is 10.6 Å². The van der Waals surface area contributed by atoms with Crippen LogP contribution in [0.5, 0.6) is 0 Å². The second-order valence-electron chi connectivity index (χ2n) is 4.86. The summed E-state index contributed by atoms with van der Waals surface area (Å²) < 4.78 is 51.1. The standard InChI is InChI=1S/C12H15F2N3O2S/c1-7-6-20(18,19)3-2-17(7)11-9(13)4-8(12(15)16)5-10(11)14/h4-5,7H,2-3,6H2,1H3,(H3,15,16). The van der Waals surface area contributed by atoms with Crippen LogP contribution in [-0.2, 0) is 9.84 Å². The molecule has 0 bridgehead atoms. The third-order valence-electron chi connectivity index (χ3n) is 3.29. The Morgan fingerprint density at radius 3 is 2.40 bits per heavy atom. The predicted octanol–water partition coefficient (Wildman–Crippen LogP) is 0.872. The van der Waals surface area contributed by atoms with E-state index in [2.05, 4.69) is 0 Å². The molecule has 1 aliphatic heterocycles. The molecule has 0 saturated carbocycles. The number of anilines is 1. The molecule has 0 aromatic heterocycles. The van der Waals surface area contributed by atoms with E-state index in [-0.39, 0.29) is 29.3 Å². The molecule has 1 unspecified atom stereocenters. The van der Waals surface area contributed by atoms with Crippen molar-refractivity contribution in [2.75, 3.05) is 23.0 Å². The van der Waals surface area contributed by atoms with Gasteiger partial charge in [-0.05, 0) is 19.1 Å². The van der Waals surface area contributed by atoms with Crippen LogP contribution in [0.3, 0.4) is 0 Å². The van der Waals surface area contributed by atoms with Crippen LogP contribution in [0, 0.1) is 17.0 Å². The van der Waals surface area contributed by atoms with Crippen molar-refractivity contribution in [1.29, 1.82) is 5.41 Å². The van der Waals surface area contributed by atoms with Gasteiger partial charge in [-0.2, -0.15) is 0 Å². The van der Waals surface area contributed by atoms with Gasteiger partial charge in [-0.3, -0.25) is 5.41 Å². The van der Waals surface area contributed by atoms with Crippen LogP contribution in [0.1, 0.15) is 12.5 Å². The maximum absolute atomic E-state index is 14.0. The number of nitrogen functional groups attached to an aromatic ring is 1. The lowest BCUT2D eigenvalue weighted by Gasteiger charge is -2.35. The summed E-state index contributed by atoms with van der Waals surface area (Å²) in [4.78, 5) is 1.40. The second kappa shape index (κ2) is 5.01. The van der Waals surface area contributed by atoms with Gasteiger partial charge in [0.15, 0.2) is 9.84 Å². The number of nitrogens with zero attached hydrogens (tertiary/aromatic N) is 1. The fourth-order valence-electron chi connectivity index (χ4n) is 2.33. The van der Waals surface area contributed by atoms with Gasteiger partial charge in [-0.25, -0.2) is 17.2 Å². The van der Waals surface area contributed by atoms with E-state index in [1.807, 2.05) is 0 Å². The van der Waals surface area contributed by atoms with E-state index in [1.54, 1.807) is 6.92 Å². The average molecular weight is 303 g/mol. The molecular formula is C12H15F2N3O2S. The van der Waals surface area contributed by atoms with E-state index >= 15 is 0 Å². The second-order valence-corrected chi connectivity index (χ2v) is 7.09. The van der Waals surface area contributed by atoms with Crippen LogP contribution >= 0.6 is 0 Å². The molecule has 5 nitrogen and oxygen atoms in total. The van der Waals surface area contributed by atoms with E-state index in [4.69, 9.17) is 11.1 Å². The van der Waals surface area contributed by atoms with E-state index in [9.17, 15) is 17.2 Å². The summed E-state index contributed by atoms with van der Waals surface area (Å²) in [5.74, 6) is -2.39. The van der Waals surface area contributed by atoms with E-state index in [1.165, 1.54) is 4.90 Å². The van der Waals surface area contributed by atoms with Crippen LogP contribution in [0.2, 0.25) is 0 Å². The first kappa shape index (κ1) is 14.7. The van der Waals surface area contributed by atoms with E-state index in [0.29, 0.717) is 0 Å². The molecule has 1 atom stereocenters. The minimum Gasteiger partial charge on any atom is -0.384 e. The summed E-state index contributed by atoms with van der Waals surface area (Å²) in [6.07, 6.45) is 0. The van der Waals surface area contributed by atoms with Crippen molar-refractivity contribution in [2.45, 2.75) is 13.0 Å². The molecule has 1 heterocycles. The Bertz CT molecular complexity index is 638. The topological polar surface area (TPSA) is 87.2 Å². The lowest BCUT2D eigenvalue weighted by atomic mass is 10.1. The minimum absolute atomic E-state index is 0.0385. The Hall–Kier alpha value is -1.70. The summed E-state index contributed by atoms with van der Waals surface area (Å²) in [7, 11) is -3.16. The van der Waals surface area contributed by atoms with Gasteiger partial charge < -0.3 is 10.6 Å². The number of hydrogen-bond acceptors (Lipinski definition) is 4. The van der Waals surface area contributed by atoms with Crippen molar-refractivity contribution in [3.05, 3.63) is 29.3 Å². The maximum atomic E-state index is 14.0. The number of rotatable bonds is 2. The highest BCUT2D eigenvalue weighted by molar-refractivity contribution is 7.91. The smallest absolute Gasteiger partial charge is 0.154 e. The summed E-state index contributed by atoms with van der Waals surface area (Å²) in [6, 6.07) is 1.45. The first-order chi connectivity index (χ1) is 9.21. The lowest BCUT2D eigenvalue weighted by Crippen LogP contribution is -2.47. The number of sulfone groups is 1. The van der Waals surface area contributed by atoms with Gasteiger partial charge in [-0.1, -0.05) is 0 Å². The van der Waals surface area contributed by atoms with Gasteiger partial charge in [0.1, 0.15) is 23.2 Å². The predicted molar refractivity (Wildman–Crippen MR) is 72.8 cm³/mol. The fourth-order valence-corrected chi connectivity index (χ4v) is 3.88. The van der Waals surface area contributed by atoms with Gasteiger partial charge in [0.2, 0.25) is 0 Å². The number of nitrogens with two attached hydrogens (primary N) is 1. The molecule has 0 spiro atoms. The van der Waals surface area contributed by atoms with Crippen LogP contribution in [0.15, 0.2) is 12.1 Å². The number of amidine groups is 1. The SMILES string of the molecule is CC1CS(=O)(=O)CCN1c1c(F)cc(C(=N)N)cc1F. The van der Waals surface area contributed by atoms with Crippen molar-refractivity contribution in [2.24, 2.45) is 5.73 Å². The lowest BCUT2D eigenvalue weighted by molar-refractivity contribution is 0.538. The molecule has 1 aromatic rings. The molecule has 110 valence electrons. The first-order valence-electron chi connectivity index (χ1n) is 6.02. The van der Waals surface area contributed by atoms with Crippen molar-refractivity contribution in [1.82, 2.24) is 0 Å². The maximum Gasteiger partial charge on any atom is 0.154 e. The van der Waals surface area contributed by atoms with Gasteiger partial charge in [0.25, 0.3) is 0 Å². The number of benzene rings is 1. The number of nitrogens with one attached hydrogen (secondary N) is 1. The first-order valence-corrected chi connectivity index (χ1v) is 7.84. The van der Waals surface area contributed by atoms with Crippen LogP contribution in [-0.4, -0.2) is 38.3 Å². The quantitative estimate of drug-likeness (QED) is 0.627. The Balaban J connectivity index is 2.41. The Kier molecular flexibility index (Phi) is 3.68. The molecule has 1 saturated heterocycles. The van der Waals surface area contributed by atoms with Gasteiger partial charge >= 0.3 is 0 Å². The molecule has 1 fully saturated rings. The van der Waals surface area contributed by atoms with Gasteiger partial charge in [0, 0.05) is 18.2 Å². The van der Waals surface area contributed by atoms with Crippen LogP contribution in [0.25, 0.3) is 0 Å². The van der Waals surface area contributed by atoms with E-state index in [0.717, 1.165) is 12.1 Å². The zero-order valence-electron chi connectivity index (χ0n) is 10.9. The van der Waals surface area contributed by atoms with E-state index < -0.39 is 33.3 Å². The fraction of sp³-hybridized carbons (Fsp3) is 0.417. The molecule has 0 aliphatic carbocycles. The summed E-state index contributed by atoms with van der Waals surface area (Å²) in [5, 5.41) is 7.19. The number of hydrogen-bond donors (Lipinski definition) is 2. The third kappa shape index (κ3) is 2.74. The average Bonchev–Trinajstić information content (AvgIpc) is 2.29. The largest absolute Gasteiger partial charge is 0.384 e. The van der Waals surface area contributed by atoms with Crippen molar-refractivity contribution < 1.29 is 17.2 Å². The Morgan fingerprint density at radius 2 is 1.95 bits per heavy atom. The Morgan fingerprint density at radius 1 is 1.40 bits per heavy atom. The summed E-state index contributed by atoms with van der Waals surface area (Å²) >= 11 is 0. The molecule has 0 amide bonds. The minimum atomic E-state index is -3.16. The molecule has 0 radical (unpaired) electrons. The zero-order chi connectivity index (χ0) is 15.1. The highest BCUT2D eigenvalue weighted by Gasteiger charge is 2.31. The molecule has 1 aliphatic rings. The molecule has 3 N–H and O–H groups in total. The third-order valence-corrected chi connectivity index (χ3v) is 5.08. The molecular weight excluding hydrogens is 288 g/mol. The van der Waals surface area contributed by atoms with Crippen LogP contribution in [0.4, 0.5) is 14.5 Å². The van der Waals surface area contributed by atoms with Crippen molar-refractivity contribution in [3.8, 4) is 0 Å². The monoisotopic (exact) mass is 303 g/mol.